The van der Waals surface area contributed by atoms with Crippen LogP contribution in [0.5, 0.6) is 0 Å². The van der Waals surface area contributed by atoms with Gasteiger partial charge in [-0.15, -0.1) is 0 Å². The second kappa shape index (κ2) is 13.3. The number of nitrogens with one attached hydrogen (secondary N) is 1. The first-order chi connectivity index (χ1) is 17.3. The van der Waals surface area contributed by atoms with Gasteiger partial charge < -0.3 is 10.2 Å². The Hall–Kier alpha value is -2.62. The molecular weight excluding hydrogens is 512 g/mol. The maximum atomic E-state index is 13.9. The molecule has 0 aliphatic heterocycles. The van der Waals surface area contributed by atoms with E-state index in [2.05, 4.69) is 5.32 Å². The SMILES string of the molecule is CC[C@H](C(=O)NCC(C)C)N(Cc1ccccc1Cl)C(=O)CN(c1cc(C)ccc1C)S(=O)(=O)N(C)C. The van der Waals surface area contributed by atoms with E-state index in [-0.39, 0.29) is 18.4 Å². The number of carbonyl (C=O) groups excluding carboxylic acids is 2. The summed E-state index contributed by atoms with van der Waals surface area (Å²) in [7, 11) is -1.17. The van der Waals surface area contributed by atoms with Gasteiger partial charge in [0.15, 0.2) is 0 Å². The molecule has 0 fully saturated rings. The Morgan fingerprint density at radius 3 is 2.27 bits per heavy atom. The van der Waals surface area contributed by atoms with Crippen molar-refractivity contribution in [3.05, 3.63) is 64.2 Å². The molecule has 0 saturated heterocycles. The van der Waals surface area contributed by atoms with Crippen molar-refractivity contribution < 1.29 is 18.0 Å². The van der Waals surface area contributed by atoms with Gasteiger partial charge in [0.05, 0.1) is 5.69 Å². The highest BCUT2D eigenvalue weighted by molar-refractivity contribution is 7.90. The zero-order valence-electron chi connectivity index (χ0n) is 22.8. The van der Waals surface area contributed by atoms with Crippen LogP contribution in [0.2, 0.25) is 5.02 Å². The van der Waals surface area contributed by atoms with E-state index < -0.39 is 28.7 Å². The van der Waals surface area contributed by atoms with E-state index in [1.807, 2.05) is 45.9 Å². The van der Waals surface area contributed by atoms with Crippen LogP contribution in [0.15, 0.2) is 42.5 Å². The standard InChI is InChI=1S/C27H39ClN4O4S/c1-8-24(27(34)29-16-19(2)3)31(17-22-11-9-10-12-23(22)28)26(33)18-32(37(35,36)30(6)7)25-15-20(4)13-14-21(25)5/h9-15,19,24H,8,16-18H2,1-7H3,(H,29,34)/t24-/m1/s1. The van der Waals surface area contributed by atoms with Crippen molar-refractivity contribution in [3.8, 4) is 0 Å². The van der Waals surface area contributed by atoms with E-state index in [1.165, 1.54) is 19.0 Å². The van der Waals surface area contributed by atoms with Gasteiger partial charge in [-0.3, -0.25) is 9.59 Å². The molecule has 0 heterocycles. The Bertz CT molecular complexity index is 1200. The molecule has 0 aliphatic rings. The first-order valence-corrected chi connectivity index (χ1v) is 14.1. The highest BCUT2D eigenvalue weighted by Crippen LogP contribution is 2.26. The van der Waals surface area contributed by atoms with E-state index >= 15 is 0 Å². The highest BCUT2D eigenvalue weighted by atomic mass is 35.5. The number of aryl methyl sites for hydroxylation is 2. The maximum Gasteiger partial charge on any atom is 0.304 e. The molecule has 2 amide bonds. The molecule has 0 unspecified atom stereocenters. The molecule has 0 radical (unpaired) electrons. The number of hydrogen-bond donors (Lipinski definition) is 1. The largest absolute Gasteiger partial charge is 0.354 e. The topological polar surface area (TPSA) is 90.0 Å². The van der Waals surface area contributed by atoms with Gasteiger partial charge in [0.1, 0.15) is 12.6 Å². The van der Waals surface area contributed by atoms with Gasteiger partial charge in [-0.25, -0.2) is 4.31 Å². The van der Waals surface area contributed by atoms with Gasteiger partial charge >= 0.3 is 10.2 Å². The van der Waals surface area contributed by atoms with Gasteiger partial charge in [-0.2, -0.15) is 12.7 Å². The second-order valence-corrected chi connectivity index (χ2v) is 12.2. The third kappa shape index (κ3) is 7.93. The zero-order valence-corrected chi connectivity index (χ0v) is 24.4. The lowest BCUT2D eigenvalue weighted by molar-refractivity contribution is -0.140. The molecule has 2 aromatic rings. The molecule has 0 bridgehead atoms. The van der Waals surface area contributed by atoms with Crippen molar-refractivity contribution in [1.82, 2.24) is 14.5 Å². The minimum atomic E-state index is -4.02. The minimum Gasteiger partial charge on any atom is -0.354 e. The summed E-state index contributed by atoms with van der Waals surface area (Å²) < 4.78 is 29.0. The van der Waals surface area contributed by atoms with Crippen molar-refractivity contribution in [2.24, 2.45) is 5.92 Å². The predicted octanol–water partition coefficient (Wildman–Crippen LogP) is 4.15. The van der Waals surface area contributed by atoms with Crippen molar-refractivity contribution in [1.29, 1.82) is 0 Å². The quantitative estimate of drug-likeness (QED) is 0.430. The summed E-state index contributed by atoms with van der Waals surface area (Å²) >= 11 is 6.41. The fraction of sp³-hybridized carbons (Fsp3) is 0.481. The Labute approximate surface area is 226 Å². The lowest BCUT2D eigenvalue weighted by atomic mass is 10.1. The first kappa shape index (κ1) is 30.6. The van der Waals surface area contributed by atoms with E-state index in [9.17, 15) is 18.0 Å². The Morgan fingerprint density at radius 2 is 1.70 bits per heavy atom. The van der Waals surface area contributed by atoms with Crippen LogP contribution in [0.25, 0.3) is 0 Å². The van der Waals surface area contributed by atoms with Crippen LogP contribution in [-0.4, -0.2) is 62.7 Å². The molecule has 2 rings (SSSR count). The van der Waals surface area contributed by atoms with Crippen molar-refractivity contribution >= 4 is 39.3 Å². The van der Waals surface area contributed by atoms with E-state index in [0.29, 0.717) is 34.8 Å². The molecule has 37 heavy (non-hydrogen) atoms. The second-order valence-electron chi connectivity index (χ2n) is 9.76. The summed E-state index contributed by atoms with van der Waals surface area (Å²) in [6.07, 6.45) is 0.351. The summed E-state index contributed by atoms with van der Waals surface area (Å²) in [4.78, 5) is 28.5. The number of hydrogen-bond acceptors (Lipinski definition) is 4. The summed E-state index contributed by atoms with van der Waals surface area (Å²) in [5, 5.41) is 3.38. The fourth-order valence-corrected chi connectivity index (χ4v) is 5.15. The molecule has 0 aliphatic carbocycles. The zero-order chi connectivity index (χ0) is 27.9. The van der Waals surface area contributed by atoms with Crippen LogP contribution in [0.1, 0.15) is 43.9 Å². The number of amides is 2. The average Bonchev–Trinajstić information content (AvgIpc) is 2.83. The van der Waals surface area contributed by atoms with Gasteiger partial charge in [-0.1, -0.05) is 62.7 Å². The molecule has 2 aromatic carbocycles. The molecule has 0 saturated carbocycles. The predicted molar refractivity (Wildman–Crippen MR) is 150 cm³/mol. The first-order valence-electron chi connectivity index (χ1n) is 12.4. The van der Waals surface area contributed by atoms with Gasteiger partial charge in [0.25, 0.3) is 0 Å². The van der Waals surface area contributed by atoms with Crippen LogP contribution < -0.4 is 9.62 Å². The van der Waals surface area contributed by atoms with Crippen LogP contribution in [0, 0.1) is 19.8 Å². The van der Waals surface area contributed by atoms with Crippen LogP contribution in [-0.2, 0) is 26.3 Å². The number of nitrogens with zero attached hydrogens (tertiary/aromatic N) is 3. The highest BCUT2D eigenvalue weighted by Gasteiger charge is 2.34. The van der Waals surface area contributed by atoms with Crippen LogP contribution in [0.4, 0.5) is 5.69 Å². The Balaban J connectivity index is 2.55. The van der Waals surface area contributed by atoms with E-state index in [0.717, 1.165) is 14.2 Å². The molecule has 8 nitrogen and oxygen atoms in total. The summed E-state index contributed by atoms with van der Waals surface area (Å²) in [5.41, 5.74) is 2.65. The van der Waals surface area contributed by atoms with E-state index in [1.54, 1.807) is 31.2 Å². The monoisotopic (exact) mass is 550 g/mol. The lowest BCUT2D eigenvalue weighted by Gasteiger charge is -2.34. The number of carbonyl (C=O) groups is 2. The molecule has 0 spiro atoms. The summed E-state index contributed by atoms with van der Waals surface area (Å²) in [6, 6.07) is 11.8. The summed E-state index contributed by atoms with van der Waals surface area (Å²) in [6.45, 7) is 9.52. The lowest BCUT2D eigenvalue weighted by Crippen LogP contribution is -2.53. The maximum absolute atomic E-state index is 13.9. The average molecular weight is 551 g/mol. The van der Waals surface area contributed by atoms with Gasteiger partial charge in [0.2, 0.25) is 11.8 Å². The number of halogens is 1. The van der Waals surface area contributed by atoms with Gasteiger partial charge in [-0.05, 0) is 55.0 Å². The molecule has 1 N–H and O–H groups in total. The number of anilines is 1. The van der Waals surface area contributed by atoms with Crippen LogP contribution in [0.3, 0.4) is 0 Å². The van der Waals surface area contributed by atoms with Crippen molar-refractivity contribution in [2.75, 3.05) is 31.5 Å². The Morgan fingerprint density at radius 1 is 1.05 bits per heavy atom. The van der Waals surface area contributed by atoms with Crippen LogP contribution >= 0.6 is 11.6 Å². The van der Waals surface area contributed by atoms with Gasteiger partial charge in [0, 0.05) is 32.2 Å². The molecule has 10 heteroatoms. The molecular formula is C27H39ClN4O4S. The molecule has 204 valence electrons. The summed E-state index contributed by atoms with van der Waals surface area (Å²) in [5.74, 6) is -0.553. The number of benzene rings is 2. The van der Waals surface area contributed by atoms with Crippen molar-refractivity contribution in [3.63, 3.8) is 0 Å². The molecule has 1 atom stereocenters. The fourth-order valence-electron chi connectivity index (χ4n) is 3.84. The smallest absolute Gasteiger partial charge is 0.304 e. The normalized spacial score (nSPS) is 12.5. The van der Waals surface area contributed by atoms with Crippen molar-refractivity contribution in [2.45, 2.75) is 53.6 Å². The van der Waals surface area contributed by atoms with E-state index in [4.69, 9.17) is 11.6 Å². The Kier molecular flexibility index (Phi) is 11.0. The molecule has 0 aromatic heterocycles. The third-order valence-corrected chi connectivity index (χ3v) is 8.20. The number of rotatable bonds is 12. The minimum absolute atomic E-state index is 0.0642. The third-order valence-electron chi connectivity index (χ3n) is 6.02.